The summed E-state index contributed by atoms with van der Waals surface area (Å²) in [6, 6.07) is 17.5. The fraction of sp³-hybridized carbons (Fsp3) is 0.0833. The van der Waals surface area contributed by atoms with Crippen LogP contribution in [0.3, 0.4) is 0 Å². The van der Waals surface area contributed by atoms with Crippen LogP contribution in [0.5, 0.6) is 0 Å². The number of nitriles is 1. The quantitative estimate of drug-likeness (QED) is 0.442. The summed E-state index contributed by atoms with van der Waals surface area (Å²) in [4.78, 5) is 30.8. The Morgan fingerprint density at radius 1 is 1.13 bits per heavy atom. The van der Waals surface area contributed by atoms with E-state index in [4.69, 9.17) is 16.3 Å². The predicted octanol–water partition coefficient (Wildman–Crippen LogP) is 4.67. The van der Waals surface area contributed by atoms with E-state index >= 15 is 0 Å². The minimum absolute atomic E-state index is 0.209. The number of aromatic nitrogens is 2. The van der Waals surface area contributed by atoms with Gasteiger partial charge in [0.05, 0.1) is 40.5 Å². The molecular weight excluding hydrogens is 414 g/mol. The Kier molecular flexibility index (Phi) is 5.28. The molecule has 2 aromatic carbocycles. The molecule has 0 bridgehead atoms. The number of carbonyl (C=O) groups excluding carboxylic acids is 1. The van der Waals surface area contributed by atoms with Crippen LogP contribution in [0, 0.1) is 18.3 Å². The smallest absolute Gasteiger partial charge is 0.340 e. The van der Waals surface area contributed by atoms with E-state index in [-0.39, 0.29) is 10.9 Å². The average molecular weight is 430 g/mol. The van der Waals surface area contributed by atoms with Gasteiger partial charge in [0.15, 0.2) is 0 Å². The second kappa shape index (κ2) is 8.05. The fourth-order valence-electron chi connectivity index (χ4n) is 3.62. The molecule has 6 nitrogen and oxygen atoms in total. The van der Waals surface area contributed by atoms with E-state index in [2.05, 4.69) is 11.1 Å². The summed E-state index contributed by atoms with van der Waals surface area (Å²) in [6.07, 6.45) is 1.58. The van der Waals surface area contributed by atoms with Gasteiger partial charge in [0.2, 0.25) is 0 Å². The lowest BCUT2D eigenvalue weighted by Gasteiger charge is -2.16. The number of fused-ring (bicyclic) bond motifs is 1. The number of carbonyl (C=O) groups is 1. The molecule has 0 unspecified atom stereocenters. The third-order valence-electron chi connectivity index (χ3n) is 5.03. The molecule has 7 heteroatoms. The molecular formula is C24H16ClN3O3. The number of esters is 1. The maximum Gasteiger partial charge on any atom is 0.340 e. The molecule has 0 aliphatic carbocycles. The third kappa shape index (κ3) is 3.45. The van der Waals surface area contributed by atoms with E-state index in [9.17, 15) is 14.9 Å². The molecule has 0 saturated heterocycles. The van der Waals surface area contributed by atoms with Gasteiger partial charge in [0.1, 0.15) is 6.07 Å². The Morgan fingerprint density at radius 2 is 1.84 bits per heavy atom. The van der Waals surface area contributed by atoms with Crippen molar-refractivity contribution in [3.63, 3.8) is 0 Å². The van der Waals surface area contributed by atoms with Crippen LogP contribution in [-0.4, -0.2) is 22.6 Å². The molecule has 0 aliphatic rings. The topological polar surface area (TPSA) is 85.0 Å². The van der Waals surface area contributed by atoms with Gasteiger partial charge in [-0.1, -0.05) is 35.9 Å². The Bertz CT molecular complexity index is 1430. The van der Waals surface area contributed by atoms with Gasteiger partial charge in [0, 0.05) is 16.8 Å². The summed E-state index contributed by atoms with van der Waals surface area (Å²) >= 11 is 6.05. The summed E-state index contributed by atoms with van der Waals surface area (Å²) in [5, 5.41) is 10.3. The summed E-state index contributed by atoms with van der Waals surface area (Å²) < 4.78 is 6.37. The van der Waals surface area contributed by atoms with Crippen molar-refractivity contribution in [1.82, 2.24) is 9.55 Å². The SMILES string of the molecule is COC(=O)c1c(C)nc2ccn(-c3ccccc3C#N)c(=O)c2c1-c1ccc(Cl)cc1. The molecule has 2 aromatic heterocycles. The highest BCUT2D eigenvalue weighted by molar-refractivity contribution is 6.30. The lowest BCUT2D eigenvalue weighted by Crippen LogP contribution is -2.21. The first kappa shape index (κ1) is 20.3. The average Bonchev–Trinajstić information content (AvgIpc) is 2.78. The largest absolute Gasteiger partial charge is 0.465 e. The van der Waals surface area contributed by atoms with E-state index in [0.717, 1.165) is 0 Å². The number of ether oxygens (including phenoxy) is 1. The zero-order chi connectivity index (χ0) is 22.1. The fourth-order valence-corrected chi connectivity index (χ4v) is 3.75. The highest BCUT2D eigenvalue weighted by Crippen LogP contribution is 2.33. The van der Waals surface area contributed by atoms with Gasteiger partial charge in [-0.25, -0.2) is 4.79 Å². The van der Waals surface area contributed by atoms with E-state index in [1.807, 2.05) is 0 Å². The molecule has 0 aliphatic heterocycles. The highest BCUT2D eigenvalue weighted by Gasteiger charge is 2.24. The first-order valence-electron chi connectivity index (χ1n) is 9.36. The number of para-hydroxylation sites is 1. The van der Waals surface area contributed by atoms with Gasteiger partial charge < -0.3 is 4.74 Å². The standard InChI is InChI=1S/C24H16ClN3O3/c1-14-20(24(30)31-2)21(15-7-9-17(25)10-8-15)22-18(27-14)11-12-28(23(22)29)19-6-4-3-5-16(19)13-26/h3-12H,1-2H3. The zero-order valence-corrected chi connectivity index (χ0v) is 17.5. The molecule has 4 rings (SSSR count). The van der Waals surface area contributed by atoms with Crippen molar-refractivity contribution < 1.29 is 9.53 Å². The number of aryl methyl sites for hydroxylation is 1. The second-order valence-electron chi connectivity index (χ2n) is 6.83. The number of rotatable bonds is 3. The predicted molar refractivity (Wildman–Crippen MR) is 119 cm³/mol. The van der Waals surface area contributed by atoms with Crippen LogP contribution in [0.4, 0.5) is 0 Å². The summed E-state index contributed by atoms with van der Waals surface area (Å²) in [6.45, 7) is 1.70. The van der Waals surface area contributed by atoms with Crippen molar-refractivity contribution in [1.29, 1.82) is 5.26 Å². The van der Waals surface area contributed by atoms with Crippen LogP contribution in [0.25, 0.3) is 27.7 Å². The van der Waals surface area contributed by atoms with Crippen molar-refractivity contribution in [2.45, 2.75) is 6.92 Å². The van der Waals surface area contributed by atoms with Crippen molar-refractivity contribution in [2.75, 3.05) is 7.11 Å². The van der Waals surface area contributed by atoms with Crippen LogP contribution in [0.1, 0.15) is 21.6 Å². The number of benzene rings is 2. The maximum absolute atomic E-state index is 13.7. The summed E-state index contributed by atoms with van der Waals surface area (Å²) in [5.74, 6) is -0.593. The normalized spacial score (nSPS) is 10.6. The van der Waals surface area contributed by atoms with Gasteiger partial charge in [-0.05, 0) is 42.8 Å². The van der Waals surface area contributed by atoms with Crippen molar-refractivity contribution in [3.8, 4) is 22.9 Å². The first-order chi connectivity index (χ1) is 15.0. The maximum atomic E-state index is 13.7. The minimum atomic E-state index is -0.593. The van der Waals surface area contributed by atoms with Crippen LogP contribution in [-0.2, 0) is 4.74 Å². The summed E-state index contributed by atoms with van der Waals surface area (Å²) in [5.41, 5.74) is 2.53. The minimum Gasteiger partial charge on any atom is -0.465 e. The lowest BCUT2D eigenvalue weighted by atomic mass is 9.95. The number of hydrogen-bond donors (Lipinski definition) is 0. The Labute approximate surface area is 182 Å². The van der Waals surface area contributed by atoms with Crippen molar-refractivity contribution >= 4 is 28.5 Å². The monoisotopic (exact) mass is 429 g/mol. The van der Waals surface area contributed by atoms with Gasteiger partial charge >= 0.3 is 5.97 Å². The molecule has 0 fully saturated rings. The molecule has 0 N–H and O–H groups in total. The molecule has 31 heavy (non-hydrogen) atoms. The summed E-state index contributed by atoms with van der Waals surface area (Å²) in [7, 11) is 1.28. The van der Waals surface area contributed by atoms with E-state index < -0.39 is 11.5 Å². The lowest BCUT2D eigenvalue weighted by molar-refractivity contribution is 0.0600. The molecule has 152 valence electrons. The van der Waals surface area contributed by atoms with Crippen LogP contribution >= 0.6 is 11.6 Å². The number of methoxy groups -OCH3 is 1. The molecule has 4 aromatic rings. The van der Waals surface area contributed by atoms with Crippen LogP contribution < -0.4 is 5.56 Å². The third-order valence-corrected chi connectivity index (χ3v) is 5.28. The van der Waals surface area contributed by atoms with E-state index in [1.54, 1.807) is 67.7 Å². The number of halogens is 1. The number of pyridine rings is 2. The molecule has 0 saturated carbocycles. The molecule has 0 spiro atoms. The van der Waals surface area contributed by atoms with E-state index in [0.29, 0.717) is 38.6 Å². The molecule has 2 heterocycles. The second-order valence-corrected chi connectivity index (χ2v) is 7.26. The molecule has 0 amide bonds. The molecule has 0 atom stereocenters. The van der Waals surface area contributed by atoms with Crippen molar-refractivity contribution in [2.24, 2.45) is 0 Å². The van der Waals surface area contributed by atoms with Crippen LogP contribution in [0.2, 0.25) is 5.02 Å². The van der Waals surface area contributed by atoms with E-state index in [1.165, 1.54) is 11.7 Å². The molecule has 0 radical (unpaired) electrons. The Morgan fingerprint density at radius 3 is 2.52 bits per heavy atom. The Hall–Kier alpha value is -3.95. The van der Waals surface area contributed by atoms with Gasteiger partial charge in [-0.2, -0.15) is 5.26 Å². The number of hydrogen-bond acceptors (Lipinski definition) is 5. The van der Waals surface area contributed by atoms with Gasteiger partial charge in [-0.3, -0.25) is 14.3 Å². The van der Waals surface area contributed by atoms with Gasteiger partial charge in [-0.15, -0.1) is 0 Å². The van der Waals surface area contributed by atoms with Crippen molar-refractivity contribution in [3.05, 3.63) is 93.0 Å². The number of nitrogens with zero attached hydrogens (tertiary/aromatic N) is 3. The first-order valence-corrected chi connectivity index (χ1v) is 9.73. The highest BCUT2D eigenvalue weighted by atomic mass is 35.5. The van der Waals surface area contributed by atoms with Crippen LogP contribution in [0.15, 0.2) is 65.6 Å². The Balaban J connectivity index is 2.17. The zero-order valence-electron chi connectivity index (χ0n) is 16.7. The van der Waals surface area contributed by atoms with Gasteiger partial charge in [0.25, 0.3) is 5.56 Å².